The van der Waals surface area contributed by atoms with Crippen molar-refractivity contribution in [2.75, 3.05) is 18.9 Å². The monoisotopic (exact) mass is 397 g/mol. The van der Waals surface area contributed by atoms with E-state index in [1.54, 1.807) is 12.1 Å². The largest absolute Gasteiger partial charge is 0.436 e. The highest BCUT2D eigenvalue weighted by Crippen LogP contribution is 2.51. The zero-order valence-corrected chi connectivity index (χ0v) is 15.0. The summed E-state index contributed by atoms with van der Waals surface area (Å²) in [6.07, 6.45) is -4.92. The van der Waals surface area contributed by atoms with Crippen molar-refractivity contribution in [1.29, 1.82) is 0 Å². The van der Waals surface area contributed by atoms with Gasteiger partial charge in [0, 0.05) is 0 Å². The summed E-state index contributed by atoms with van der Waals surface area (Å²) >= 11 is 6.01. The van der Waals surface area contributed by atoms with Gasteiger partial charge in [-0.15, -0.1) is 0 Å². The Balaban J connectivity index is 2.79. The molecule has 0 fully saturated rings. The number of para-hydroxylation sites is 1. The van der Waals surface area contributed by atoms with Crippen molar-refractivity contribution >= 4 is 30.3 Å². The Morgan fingerprint density at radius 2 is 1.80 bits per heavy atom. The number of aromatic nitrogens is 2. The van der Waals surface area contributed by atoms with Gasteiger partial charge in [-0.1, -0.05) is 23.7 Å². The molecule has 1 aromatic heterocycles. The van der Waals surface area contributed by atoms with E-state index < -0.39 is 30.6 Å². The molecule has 11 heteroatoms. The third-order valence-electron chi connectivity index (χ3n) is 3.12. The standard InChI is InChI=1S/C14H16ClF3N3O3P/c1-3-23-25(22,24-4-2)11-12(14(16,17)18)20-21(13(11)19)10-8-6-5-7-9(10)15/h5-8H,3-4,19H2,1-2H3. The van der Waals surface area contributed by atoms with Crippen LogP contribution in [0.15, 0.2) is 24.3 Å². The maximum absolute atomic E-state index is 13.5. The molecule has 2 rings (SSSR count). The minimum absolute atomic E-state index is 0.109. The van der Waals surface area contributed by atoms with Gasteiger partial charge in [0.05, 0.1) is 23.9 Å². The number of alkyl halides is 3. The molecule has 0 aliphatic rings. The highest BCUT2D eigenvalue weighted by Gasteiger charge is 2.47. The van der Waals surface area contributed by atoms with Crippen LogP contribution in [0.2, 0.25) is 5.02 Å². The minimum atomic E-state index is -4.92. The first-order valence-electron chi connectivity index (χ1n) is 7.26. The summed E-state index contributed by atoms with van der Waals surface area (Å²) in [6.45, 7) is 2.69. The second-order valence-corrected chi connectivity index (χ2v) is 7.14. The van der Waals surface area contributed by atoms with Gasteiger partial charge < -0.3 is 14.8 Å². The van der Waals surface area contributed by atoms with Gasteiger partial charge in [0.15, 0.2) is 5.69 Å². The van der Waals surface area contributed by atoms with Crippen LogP contribution in [0.3, 0.4) is 0 Å². The van der Waals surface area contributed by atoms with E-state index in [2.05, 4.69) is 5.10 Å². The minimum Gasteiger partial charge on any atom is -0.383 e. The predicted molar refractivity (Wildman–Crippen MR) is 88.5 cm³/mol. The Morgan fingerprint density at radius 3 is 2.28 bits per heavy atom. The SMILES string of the molecule is CCOP(=O)(OCC)c1c(C(F)(F)F)nn(-c2ccccc2Cl)c1N. The molecule has 0 aliphatic heterocycles. The molecular formula is C14H16ClF3N3O3P. The maximum Gasteiger partial charge on any atom is 0.436 e. The molecule has 0 amide bonds. The summed E-state index contributed by atoms with van der Waals surface area (Å²) in [4.78, 5) is 0. The van der Waals surface area contributed by atoms with E-state index in [-0.39, 0.29) is 23.9 Å². The molecule has 138 valence electrons. The van der Waals surface area contributed by atoms with E-state index in [9.17, 15) is 17.7 Å². The smallest absolute Gasteiger partial charge is 0.383 e. The fourth-order valence-electron chi connectivity index (χ4n) is 2.20. The van der Waals surface area contributed by atoms with Gasteiger partial charge in [0.2, 0.25) is 0 Å². The van der Waals surface area contributed by atoms with Crippen LogP contribution < -0.4 is 11.0 Å². The number of hydrogen-bond donors (Lipinski definition) is 1. The summed E-state index contributed by atoms with van der Waals surface area (Å²) < 4.78 is 64.2. The van der Waals surface area contributed by atoms with Gasteiger partial charge in [0.1, 0.15) is 11.1 Å². The average Bonchev–Trinajstić information content (AvgIpc) is 2.86. The van der Waals surface area contributed by atoms with Crippen LogP contribution in [0, 0.1) is 0 Å². The molecule has 6 nitrogen and oxygen atoms in total. The van der Waals surface area contributed by atoms with Crippen LogP contribution in [0.25, 0.3) is 5.69 Å². The molecule has 0 saturated carbocycles. The number of nitrogens with two attached hydrogens (primary N) is 1. The summed E-state index contributed by atoms with van der Waals surface area (Å²) in [7, 11) is -4.33. The molecule has 0 spiro atoms. The lowest BCUT2D eigenvalue weighted by atomic mass is 10.3. The summed E-state index contributed by atoms with van der Waals surface area (Å²) in [5, 5.41) is 2.80. The normalized spacial score (nSPS) is 12.6. The highest BCUT2D eigenvalue weighted by atomic mass is 35.5. The number of rotatable bonds is 6. The van der Waals surface area contributed by atoms with E-state index in [0.29, 0.717) is 0 Å². The Morgan fingerprint density at radius 1 is 1.24 bits per heavy atom. The molecule has 0 unspecified atom stereocenters. The zero-order chi connectivity index (χ0) is 18.8. The van der Waals surface area contributed by atoms with E-state index in [0.717, 1.165) is 4.68 Å². The first-order valence-corrected chi connectivity index (χ1v) is 9.18. The number of nitrogens with zero attached hydrogens (tertiary/aromatic N) is 2. The lowest BCUT2D eigenvalue weighted by Crippen LogP contribution is -2.22. The van der Waals surface area contributed by atoms with Crippen molar-refractivity contribution in [2.45, 2.75) is 20.0 Å². The van der Waals surface area contributed by atoms with E-state index >= 15 is 0 Å². The third-order valence-corrected chi connectivity index (χ3v) is 5.62. The molecule has 0 atom stereocenters. The van der Waals surface area contributed by atoms with Crippen molar-refractivity contribution in [3.63, 3.8) is 0 Å². The van der Waals surface area contributed by atoms with Crippen molar-refractivity contribution < 1.29 is 26.8 Å². The number of anilines is 1. The first kappa shape index (κ1) is 19.8. The molecule has 2 N–H and O–H groups in total. The second-order valence-electron chi connectivity index (χ2n) is 4.78. The van der Waals surface area contributed by atoms with Crippen LogP contribution in [-0.4, -0.2) is 23.0 Å². The number of hydrogen-bond acceptors (Lipinski definition) is 5. The lowest BCUT2D eigenvalue weighted by Gasteiger charge is -2.18. The van der Waals surface area contributed by atoms with Gasteiger partial charge >= 0.3 is 13.8 Å². The van der Waals surface area contributed by atoms with Crippen molar-refractivity contribution in [1.82, 2.24) is 9.78 Å². The van der Waals surface area contributed by atoms with Gasteiger partial charge in [0.25, 0.3) is 0 Å². The topological polar surface area (TPSA) is 79.4 Å². The average molecular weight is 398 g/mol. The highest BCUT2D eigenvalue weighted by molar-refractivity contribution is 7.62. The fraction of sp³-hybridized carbons (Fsp3) is 0.357. The first-order chi connectivity index (χ1) is 11.7. The molecular weight excluding hydrogens is 382 g/mol. The van der Waals surface area contributed by atoms with Crippen LogP contribution in [0.1, 0.15) is 19.5 Å². The predicted octanol–water partition coefficient (Wildman–Crippen LogP) is 4.02. The van der Waals surface area contributed by atoms with Gasteiger partial charge in [-0.2, -0.15) is 18.3 Å². The second kappa shape index (κ2) is 7.37. The van der Waals surface area contributed by atoms with Crippen LogP contribution >= 0.6 is 19.2 Å². The number of nitrogen functional groups attached to an aromatic ring is 1. The van der Waals surface area contributed by atoms with E-state index in [1.807, 2.05) is 0 Å². The number of benzene rings is 1. The van der Waals surface area contributed by atoms with Gasteiger partial charge in [-0.25, -0.2) is 4.68 Å². The molecule has 0 bridgehead atoms. The molecule has 0 radical (unpaired) electrons. The zero-order valence-electron chi connectivity index (χ0n) is 13.4. The van der Waals surface area contributed by atoms with E-state index in [4.69, 9.17) is 26.4 Å². The Hall–Kier alpha value is -1.54. The number of halogens is 4. The maximum atomic E-state index is 13.5. The molecule has 0 aliphatic carbocycles. The van der Waals surface area contributed by atoms with Crippen molar-refractivity contribution in [2.24, 2.45) is 0 Å². The van der Waals surface area contributed by atoms with Gasteiger partial charge in [-0.3, -0.25) is 4.57 Å². The van der Waals surface area contributed by atoms with Gasteiger partial charge in [-0.05, 0) is 26.0 Å². The van der Waals surface area contributed by atoms with Crippen LogP contribution in [0.5, 0.6) is 0 Å². The Labute approximate surface area is 147 Å². The molecule has 25 heavy (non-hydrogen) atoms. The molecule has 0 saturated heterocycles. The summed E-state index contributed by atoms with van der Waals surface area (Å²) in [5.74, 6) is -0.509. The van der Waals surface area contributed by atoms with Crippen LogP contribution in [0.4, 0.5) is 19.0 Å². The van der Waals surface area contributed by atoms with Crippen molar-refractivity contribution in [3.05, 3.63) is 35.0 Å². The summed E-state index contributed by atoms with van der Waals surface area (Å²) in [5.41, 5.74) is 4.53. The lowest BCUT2D eigenvalue weighted by molar-refractivity contribution is -0.140. The van der Waals surface area contributed by atoms with Crippen LogP contribution in [-0.2, 0) is 19.8 Å². The quantitative estimate of drug-likeness (QED) is 0.745. The third kappa shape index (κ3) is 3.84. The Kier molecular flexibility index (Phi) is 5.83. The molecule has 2 aromatic rings. The fourth-order valence-corrected chi connectivity index (χ4v) is 4.23. The Bertz CT molecular complexity index is 800. The molecule has 1 aromatic carbocycles. The van der Waals surface area contributed by atoms with Crippen molar-refractivity contribution in [3.8, 4) is 5.69 Å². The van der Waals surface area contributed by atoms with E-state index in [1.165, 1.54) is 26.0 Å². The molecule has 1 heterocycles. The summed E-state index contributed by atoms with van der Waals surface area (Å²) in [6, 6.07) is 6.06.